The summed E-state index contributed by atoms with van der Waals surface area (Å²) in [5.74, 6) is 3.02. The number of benzene rings is 7. The number of hydrogen-bond donors (Lipinski definition) is 0. The number of anilines is 3. The number of hydrogen-bond acceptors (Lipinski definition) is 3. The van der Waals surface area contributed by atoms with Gasteiger partial charge in [0.2, 0.25) is 0 Å². The molecule has 43 heavy (non-hydrogen) atoms. The maximum absolute atomic E-state index is 6.42. The molecule has 0 unspecified atom stereocenters. The van der Waals surface area contributed by atoms with Gasteiger partial charge in [-0.05, 0) is 88.3 Å². The summed E-state index contributed by atoms with van der Waals surface area (Å²) in [6.07, 6.45) is 0. The molecule has 0 atom stereocenters. The van der Waals surface area contributed by atoms with Crippen LogP contribution in [0.3, 0.4) is 0 Å². The van der Waals surface area contributed by atoms with E-state index in [1.54, 1.807) is 0 Å². The summed E-state index contributed by atoms with van der Waals surface area (Å²) in [5, 5.41) is 2.08. The van der Waals surface area contributed by atoms with Crippen LogP contribution in [0, 0.1) is 0 Å². The number of para-hydroxylation sites is 1. The van der Waals surface area contributed by atoms with E-state index in [0.29, 0.717) is 11.5 Å². The molecule has 0 bridgehead atoms. The highest BCUT2D eigenvalue weighted by atomic mass is 16.5. The van der Waals surface area contributed by atoms with E-state index in [0.717, 1.165) is 50.5 Å². The standard InChI is InChI=1S/C40H27NO2/c1-3-9-28(10-4-1)29-17-22-34(23-18-29)41(33-13-5-2-6-14-33)35-24-19-30(20-25-35)32-21-26-36-39(27-32)43-38-16-8-12-31-11-7-15-37(42-36)40(31)38/h1-27H. The van der Waals surface area contributed by atoms with E-state index in [-0.39, 0.29) is 0 Å². The van der Waals surface area contributed by atoms with Crippen LogP contribution in [-0.2, 0) is 0 Å². The van der Waals surface area contributed by atoms with Gasteiger partial charge in [-0.2, -0.15) is 0 Å². The minimum Gasteiger partial charge on any atom is -0.453 e. The molecule has 7 aromatic carbocycles. The number of rotatable bonds is 5. The lowest BCUT2D eigenvalue weighted by Gasteiger charge is -2.26. The Balaban J connectivity index is 1.13. The third-order valence-electron chi connectivity index (χ3n) is 7.92. The lowest BCUT2D eigenvalue weighted by molar-refractivity contribution is 0.439. The predicted molar refractivity (Wildman–Crippen MR) is 176 cm³/mol. The average molecular weight is 554 g/mol. The van der Waals surface area contributed by atoms with Gasteiger partial charge in [0.05, 0.1) is 5.39 Å². The fourth-order valence-electron chi connectivity index (χ4n) is 5.79. The first-order chi connectivity index (χ1) is 21.3. The Hall–Kier alpha value is -5.80. The van der Waals surface area contributed by atoms with Crippen molar-refractivity contribution in [3.8, 4) is 45.3 Å². The van der Waals surface area contributed by atoms with Crippen molar-refractivity contribution in [1.82, 2.24) is 0 Å². The van der Waals surface area contributed by atoms with Gasteiger partial charge < -0.3 is 14.4 Å². The zero-order valence-electron chi connectivity index (χ0n) is 23.4. The van der Waals surface area contributed by atoms with Gasteiger partial charge in [0.25, 0.3) is 0 Å². The van der Waals surface area contributed by atoms with Crippen LogP contribution >= 0.6 is 0 Å². The third-order valence-corrected chi connectivity index (χ3v) is 7.92. The molecule has 1 aliphatic heterocycles. The molecule has 0 spiro atoms. The SMILES string of the molecule is c1ccc(-c2ccc(N(c3ccccc3)c3ccc(-c4ccc5c(c4)Oc4cccc6cccc(c46)O5)cc3)cc2)cc1. The van der Waals surface area contributed by atoms with Gasteiger partial charge in [-0.25, -0.2) is 0 Å². The summed E-state index contributed by atoms with van der Waals surface area (Å²) in [7, 11) is 0. The minimum atomic E-state index is 0.703. The predicted octanol–water partition coefficient (Wildman–Crippen LogP) is 11.5. The second kappa shape index (κ2) is 10.6. The van der Waals surface area contributed by atoms with E-state index in [4.69, 9.17) is 9.47 Å². The Kier molecular flexibility index (Phi) is 6.12. The molecule has 0 fully saturated rings. The molecule has 1 aliphatic rings. The normalized spacial score (nSPS) is 11.6. The first kappa shape index (κ1) is 25.0. The minimum absolute atomic E-state index is 0.703. The maximum Gasteiger partial charge on any atom is 0.170 e. The van der Waals surface area contributed by atoms with Crippen LogP contribution < -0.4 is 14.4 Å². The Bertz CT molecular complexity index is 2050. The van der Waals surface area contributed by atoms with E-state index >= 15 is 0 Å². The summed E-state index contributed by atoms with van der Waals surface area (Å²) in [4.78, 5) is 2.28. The molecular weight excluding hydrogens is 526 g/mol. The van der Waals surface area contributed by atoms with Gasteiger partial charge in [-0.1, -0.05) is 103 Å². The lowest BCUT2D eigenvalue weighted by atomic mass is 10.0. The van der Waals surface area contributed by atoms with E-state index in [1.807, 2.05) is 42.5 Å². The van der Waals surface area contributed by atoms with Crippen LogP contribution in [0.5, 0.6) is 23.0 Å². The zero-order chi connectivity index (χ0) is 28.6. The van der Waals surface area contributed by atoms with Gasteiger partial charge in [0.1, 0.15) is 11.5 Å². The highest BCUT2D eigenvalue weighted by Gasteiger charge is 2.19. The van der Waals surface area contributed by atoms with Crippen molar-refractivity contribution in [3.05, 3.63) is 164 Å². The highest BCUT2D eigenvalue weighted by molar-refractivity contribution is 5.95. The van der Waals surface area contributed by atoms with E-state index in [9.17, 15) is 0 Å². The van der Waals surface area contributed by atoms with Crippen LogP contribution in [0.15, 0.2) is 164 Å². The molecule has 7 aromatic rings. The molecule has 3 heteroatoms. The zero-order valence-corrected chi connectivity index (χ0v) is 23.4. The molecule has 1 heterocycles. The topological polar surface area (TPSA) is 21.7 Å². The molecule has 0 saturated heterocycles. The van der Waals surface area contributed by atoms with Crippen molar-refractivity contribution in [1.29, 1.82) is 0 Å². The van der Waals surface area contributed by atoms with Crippen molar-refractivity contribution >= 4 is 27.8 Å². The number of nitrogens with zero attached hydrogens (tertiary/aromatic N) is 1. The van der Waals surface area contributed by atoms with Crippen molar-refractivity contribution in [2.45, 2.75) is 0 Å². The first-order valence-corrected chi connectivity index (χ1v) is 14.4. The van der Waals surface area contributed by atoms with Crippen LogP contribution in [0.2, 0.25) is 0 Å². The number of ether oxygens (including phenoxy) is 2. The molecule has 0 aliphatic carbocycles. The Morgan fingerprint density at radius 1 is 0.326 bits per heavy atom. The summed E-state index contributed by atoms with van der Waals surface area (Å²) >= 11 is 0. The fourth-order valence-corrected chi connectivity index (χ4v) is 5.79. The Morgan fingerprint density at radius 3 is 1.44 bits per heavy atom. The fraction of sp³-hybridized carbons (Fsp3) is 0. The second-order valence-corrected chi connectivity index (χ2v) is 10.6. The van der Waals surface area contributed by atoms with Crippen LogP contribution in [0.4, 0.5) is 17.1 Å². The van der Waals surface area contributed by atoms with Gasteiger partial charge in [0, 0.05) is 17.1 Å². The number of fused-ring (bicyclic) bond motifs is 1. The van der Waals surface area contributed by atoms with E-state index < -0.39 is 0 Å². The molecule has 0 radical (unpaired) electrons. The first-order valence-electron chi connectivity index (χ1n) is 14.4. The van der Waals surface area contributed by atoms with Crippen molar-refractivity contribution in [2.75, 3.05) is 4.90 Å². The Labute approximate surface area is 250 Å². The van der Waals surface area contributed by atoms with E-state index in [1.165, 1.54) is 11.1 Å². The third kappa shape index (κ3) is 4.67. The second-order valence-electron chi connectivity index (χ2n) is 10.6. The molecule has 0 aromatic heterocycles. The van der Waals surface area contributed by atoms with Gasteiger partial charge in [-0.15, -0.1) is 0 Å². The largest absolute Gasteiger partial charge is 0.453 e. The van der Waals surface area contributed by atoms with Crippen LogP contribution in [0.1, 0.15) is 0 Å². The van der Waals surface area contributed by atoms with Crippen LogP contribution in [0.25, 0.3) is 33.0 Å². The summed E-state index contributed by atoms with van der Waals surface area (Å²) in [6, 6.07) is 56.7. The van der Waals surface area contributed by atoms with Gasteiger partial charge >= 0.3 is 0 Å². The van der Waals surface area contributed by atoms with Gasteiger partial charge in [0.15, 0.2) is 11.5 Å². The van der Waals surface area contributed by atoms with Crippen molar-refractivity contribution in [3.63, 3.8) is 0 Å². The quantitative estimate of drug-likeness (QED) is 0.212. The average Bonchev–Trinajstić information content (AvgIpc) is 3.24. The summed E-state index contributed by atoms with van der Waals surface area (Å²) < 4.78 is 12.7. The highest BCUT2D eigenvalue weighted by Crippen LogP contribution is 2.47. The smallest absolute Gasteiger partial charge is 0.170 e. The molecular formula is C40H27NO2. The van der Waals surface area contributed by atoms with Crippen molar-refractivity contribution in [2.24, 2.45) is 0 Å². The molecule has 8 rings (SSSR count). The van der Waals surface area contributed by atoms with E-state index in [2.05, 4.69) is 126 Å². The van der Waals surface area contributed by atoms with Crippen LogP contribution in [-0.4, -0.2) is 0 Å². The molecule has 3 nitrogen and oxygen atoms in total. The molecule has 0 saturated carbocycles. The molecule has 0 amide bonds. The maximum atomic E-state index is 6.42. The summed E-state index contributed by atoms with van der Waals surface area (Å²) in [5.41, 5.74) is 7.85. The molecule has 204 valence electrons. The summed E-state index contributed by atoms with van der Waals surface area (Å²) in [6.45, 7) is 0. The lowest BCUT2D eigenvalue weighted by Crippen LogP contribution is -2.09. The molecule has 0 N–H and O–H groups in total. The Morgan fingerprint density at radius 2 is 0.814 bits per heavy atom. The van der Waals surface area contributed by atoms with Crippen molar-refractivity contribution < 1.29 is 9.47 Å². The van der Waals surface area contributed by atoms with Gasteiger partial charge in [-0.3, -0.25) is 0 Å². The monoisotopic (exact) mass is 553 g/mol.